The minimum absolute atomic E-state index is 0.0914. The summed E-state index contributed by atoms with van der Waals surface area (Å²) in [6, 6.07) is 8.50. The van der Waals surface area contributed by atoms with Gasteiger partial charge in [0.1, 0.15) is 24.8 Å². The molecule has 0 unspecified atom stereocenters. The standard InChI is InChI=1S/C18H18F3N5O4/c1-28-14-2-4-15(5-3-14)30-12-25-7-6-16(24-25)17(27)23-13-8-22-26(9-13)11-29-10-18(19,20)21/h2-9H,10-12H2,1H3,(H,23,27). The van der Waals surface area contributed by atoms with Crippen molar-refractivity contribution in [2.24, 2.45) is 0 Å². The number of halogens is 3. The Labute approximate surface area is 168 Å². The van der Waals surface area contributed by atoms with Crippen LogP contribution < -0.4 is 14.8 Å². The maximum atomic E-state index is 12.3. The summed E-state index contributed by atoms with van der Waals surface area (Å²) in [5.74, 6) is 0.807. The number of anilines is 1. The SMILES string of the molecule is COc1ccc(OCn2ccc(C(=O)Nc3cnn(COCC(F)(F)F)c3)n2)cc1. The molecule has 0 radical (unpaired) electrons. The molecule has 3 aromatic rings. The molecular formula is C18H18F3N5O4. The number of ether oxygens (including phenoxy) is 3. The van der Waals surface area contributed by atoms with Gasteiger partial charge >= 0.3 is 6.18 Å². The van der Waals surface area contributed by atoms with E-state index in [1.807, 2.05) is 0 Å². The number of rotatable bonds is 9. The molecule has 160 valence electrons. The molecule has 0 aliphatic rings. The first-order chi connectivity index (χ1) is 14.3. The molecule has 0 fully saturated rings. The number of nitrogens with zero attached hydrogens (tertiary/aromatic N) is 4. The second-order valence-electron chi connectivity index (χ2n) is 6.00. The minimum atomic E-state index is -4.42. The monoisotopic (exact) mass is 425 g/mol. The zero-order valence-electron chi connectivity index (χ0n) is 15.8. The van der Waals surface area contributed by atoms with Crippen LogP contribution in [0.15, 0.2) is 48.9 Å². The Morgan fingerprint density at radius 1 is 1.10 bits per heavy atom. The Morgan fingerprint density at radius 3 is 2.53 bits per heavy atom. The zero-order valence-corrected chi connectivity index (χ0v) is 15.8. The fourth-order valence-electron chi connectivity index (χ4n) is 2.32. The molecule has 0 aliphatic heterocycles. The van der Waals surface area contributed by atoms with E-state index < -0.39 is 25.4 Å². The van der Waals surface area contributed by atoms with Crippen molar-refractivity contribution in [3.05, 3.63) is 54.6 Å². The summed E-state index contributed by atoms with van der Waals surface area (Å²) in [7, 11) is 1.57. The van der Waals surface area contributed by atoms with Crippen LogP contribution in [-0.4, -0.2) is 45.4 Å². The molecule has 0 spiro atoms. The summed E-state index contributed by atoms with van der Waals surface area (Å²) in [6.07, 6.45) is -0.205. The van der Waals surface area contributed by atoms with Gasteiger partial charge in [0.15, 0.2) is 12.4 Å². The van der Waals surface area contributed by atoms with Gasteiger partial charge in [-0.05, 0) is 30.3 Å². The number of methoxy groups -OCH3 is 1. The Bertz CT molecular complexity index is 969. The van der Waals surface area contributed by atoms with Gasteiger partial charge in [0.2, 0.25) is 0 Å². The topological polar surface area (TPSA) is 92.4 Å². The first-order valence-corrected chi connectivity index (χ1v) is 8.61. The molecule has 0 saturated heterocycles. The van der Waals surface area contributed by atoms with Crippen LogP contribution in [0, 0.1) is 0 Å². The van der Waals surface area contributed by atoms with Gasteiger partial charge < -0.3 is 19.5 Å². The molecule has 2 aromatic heterocycles. The molecule has 30 heavy (non-hydrogen) atoms. The van der Waals surface area contributed by atoms with E-state index in [9.17, 15) is 18.0 Å². The van der Waals surface area contributed by atoms with E-state index in [2.05, 4.69) is 20.3 Å². The lowest BCUT2D eigenvalue weighted by Gasteiger charge is -2.07. The predicted molar refractivity (Wildman–Crippen MR) is 98.0 cm³/mol. The number of alkyl halides is 3. The third-order valence-electron chi connectivity index (χ3n) is 3.68. The van der Waals surface area contributed by atoms with Crippen molar-refractivity contribution in [2.75, 3.05) is 19.0 Å². The lowest BCUT2D eigenvalue weighted by Crippen LogP contribution is -2.18. The Kier molecular flexibility index (Phi) is 6.57. The minimum Gasteiger partial charge on any atom is -0.497 e. The van der Waals surface area contributed by atoms with Crippen molar-refractivity contribution in [1.82, 2.24) is 19.6 Å². The van der Waals surface area contributed by atoms with Crippen LogP contribution in [0.3, 0.4) is 0 Å². The molecule has 9 nitrogen and oxygen atoms in total. The fourth-order valence-corrected chi connectivity index (χ4v) is 2.32. The van der Waals surface area contributed by atoms with E-state index in [-0.39, 0.29) is 12.4 Å². The van der Waals surface area contributed by atoms with Gasteiger partial charge in [-0.15, -0.1) is 0 Å². The van der Waals surface area contributed by atoms with Gasteiger partial charge in [-0.1, -0.05) is 0 Å². The van der Waals surface area contributed by atoms with E-state index in [0.717, 1.165) is 4.68 Å². The smallest absolute Gasteiger partial charge is 0.411 e. The molecule has 2 heterocycles. The summed E-state index contributed by atoms with van der Waals surface area (Å²) in [6.45, 7) is -1.69. The third kappa shape index (κ3) is 6.24. The number of hydrogen-bond donors (Lipinski definition) is 1. The zero-order chi connectivity index (χ0) is 21.6. The van der Waals surface area contributed by atoms with Crippen LogP contribution in [0.5, 0.6) is 11.5 Å². The molecule has 0 bridgehead atoms. The molecule has 0 saturated carbocycles. The van der Waals surface area contributed by atoms with E-state index >= 15 is 0 Å². The maximum Gasteiger partial charge on any atom is 0.411 e. The van der Waals surface area contributed by atoms with Crippen LogP contribution in [-0.2, 0) is 18.2 Å². The molecule has 12 heteroatoms. The first kappa shape index (κ1) is 21.2. The number of hydrogen-bond acceptors (Lipinski definition) is 6. The van der Waals surface area contributed by atoms with Crippen LogP contribution in [0.4, 0.5) is 18.9 Å². The van der Waals surface area contributed by atoms with Gasteiger partial charge in [-0.25, -0.2) is 9.36 Å². The molecule has 0 atom stereocenters. The highest BCUT2D eigenvalue weighted by atomic mass is 19.4. The highest BCUT2D eigenvalue weighted by Crippen LogP contribution is 2.17. The molecule has 3 rings (SSSR count). The largest absolute Gasteiger partial charge is 0.497 e. The summed E-state index contributed by atoms with van der Waals surface area (Å²) in [5, 5.41) is 10.5. The van der Waals surface area contributed by atoms with Crippen molar-refractivity contribution in [3.63, 3.8) is 0 Å². The summed E-state index contributed by atoms with van der Waals surface area (Å²) < 4.78 is 53.9. The number of carbonyl (C=O) groups excluding carboxylic acids is 1. The third-order valence-corrected chi connectivity index (χ3v) is 3.68. The molecule has 0 aliphatic carbocycles. The van der Waals surface area contributed by atoms with Crippen LogP contribution in [0.1, 0.15) is 10.5 Å². The normalized spacial score (nSPS) is 11.3. The summed E-state index contributed by atoms with van der Waals surface area (Å²) >= 11 is 0. The van der Waals surface area contributed by atoms with Crippen molar-refractivity contribution in [1.29, 1.82) is 0 Å². The first-order valence-electron chi connectivity index (χ1n) is 8.61. The molecule has 1 amide bonds. The number of amides is 1. The van der Waals surface area contributed by atoms with Crippen molar-refractivity contribution in [2.45, 2.75) is 19.6 Å². The predicted octanol–water partition coefficient (Wildman–Crippen LogP) is 2.91. The highest BCUT2D eigenvalue weighted by molar-refractivity contribution is 6.02. The molecular weight excluding hydrogens is 407 g/mol. The average molecular weight is 425 g/mol. The average Bonchev–Trinajstić information content (AvgIpc) is 3.35. The number of nitrogens with one attached hydrogen (secondary N) is 1. The second kappa shape index (κ2) is 9.31. The number of carbonyl (C=O) groups is 1. The van der Waals surface area contributed by atoms with Crippen molar-refractivity contribution in [3.8, 4) is 11.5 Å². The van der Waals surface area contributed by atoms with Gasteiger partial charge in [0.25, 0.3) is 5.91 Å². The van der Waals surface area contributed by atoms with Gasteiger partial charge in [-0.3, -0.25) is 4.79 Å². The quantitative estimate of drug-likeness (QED) is 0.567. The summed E-state index contributed by atoms with van der Waals surface area (Å²) in [4.78, 5) is 12.3. The van der Waals surface area contributed by atoms with Crippen molar-refractivity contribution < 1.29 is 32.2 Å². The van der Waals surface area contributed by atoms with E-state index in [1.165, 1.54) is 23.1 Å². The lowest BCUT2D eigenvalue weighted by molar-refractivity contribution is -0.182. The molecule has 1 N–H and O–H groups in total. The Morgan fingerprint density at radius 2 is 1.83 bits per heavy atom. The van der Waals surface area contributed by atoms with E-state index in [0.29, 0.717) is 17.2 Å². The van der Waals surface area contributed by atoms with Crippen LogP contribution >= 0.6 is 0 Å². The van der Waals surface area contributed by atoms with Crippen LogP contribution in [0.25, 0.3) is 0 Å². The van der Waals surface area contributed by atoms with Gasteiger partial charge in [-0.2, -0.15) is 23.4 Å². The fraction of sp³-hybridized carbons (Fsp3) is 0.278. The number of benzene rings is 1. The Balaban J connectivity index is 1.48. The lowest BCUT2D eigenvalue weighted by atomic mass is 10.3. The molecule has 1 aromatic carbocycles. The van der Waals surface area contributed by atoms with E-state index in [1.54, 1.807) is 37.6 Å². The Hall–Kier alpha value is -3.54. The number of aromatic nitrogens is 4. The second-order valence-corrected chi connectivity index (χ2v) is 6.00. The van der Waals surface area contributed by atoms with E-state index in [4.69, 9.17) is 9.47 Å². The van der Waals surface area contributed by atoms with Gasteiger partial charge in [0, 0.05) is 6.20 Å². The van der Waals surface area contributed by atoms with Crippen LogP contribution in [0.2, 0.25) is 0 Å². The highest BCUT2D eigenvalue weighted by Gasteiger charge is 2.27. The summed E-state index contributed by atoms with van der Waals surface area (Å²) in [5.41, 5.74) is 0.425. The van der Waals surface area contributed by atoms with Gasteiger partial charge in [0.05, 0.1) is 25.2 Å². The van der Waals surface area contributed by atoms with Crippen molar-refractivity contribution >= 4 is 11.6 Å². The maximum absolute atomic E-state index is 12.3.